The molecule has 0 saturated heterocycles. The van der Waals surface area contributed by atoms with Crippen molar-refractivity contribution in [2.24, 2.45) is 0 Å². The van der Waals surface area contributed by atoms with Crippen LogP contribution in [0, 0.1) is 0 Å². The van der Waals surface area contributed by atoms with Crippen LogP contribution >= 0.6 is 11.6 Å². The van der Waals surface area contributed by atoms with Gasteiger partial charge in [0.15, 0.2) is 5.69 Å². The van der Waals surface area contributed by atoms with E-state index in [4.69, 9.17) is 16.3 Å². The van der Waals surface area contributed by atoms with Gasteiger partial charge in [0.25, 0.3) is 5.56 Å². The molecular weight excluding hydrogens is 364 g/mol. The molecule has 5 nitrogen and oxygen atoms in total. The van der Waals surface area contributed by atoms with E-state index in [1.54, 1.807) is 66.7 Å². The van der Waals surface area contributed by atoms with Crippen LogP contribution in [0.15, 0.2) is 83.7 Å². The third-order valence-electron chi connectivity index (χ3n) is 4.01. The molecule has 27 heavy (non-hydrogen) atoms. The SMILES string of the molecule is O=C(Oc1cccc(Cl)c1)c1nn(-c2ccccc2)c(=O)c2ccccc12. The molecule has 0 radical (unpaired) electrons. The molecule has 0 bridgehead atoms. The number of carbonyl (C=O) groups excluding carboxylic acids is 1. The fourth-order valence-corrected chi connectivity index (χ4v) is 2.95. The Balaban J connectivity index is 1.88. The minimum Gasteiger partial charge on any atom is -0.422 e. The highest BCUT2D eigenvalue weighted by molar-refractivity contribution is 6.30. The van der Waals surface area contributed by atoms with Gasteiger partial charge >= 0.3 is 5.97 Å². The summed E-state index contributed by atoms with van der Waals surface area (Å²) >= 11 is 5.94. The van der Waals surface area contributed by atoms with Crippen LogP contribution in [0.25, 0.3) is 16.5 Å². The Morgan fingerprint density at radius 1 is 0.889 bits per heavy atom. The first-order valence-electron chi connectivity index (χ1n) is 8.19. The third-order valence-corrected chi connectivity index (χ3v) is 4.24. The fraction of sp³-hybridized carbons (Fsp3) is 0. The first kappa shape index (κ1) is 17.0. The maximum absolute atomic E-state index is 12.8. The van der Waals surface area contributed by atoms with Gasteiger partial charge in [-0.05, 0) is 36.4 Å². The van der Waals surface area contributed by atoms with Crippen LogP contribution in [-0.2, 0) is 0 Å². The number of aromatic nitrogens is 2. The first-order chi connectivity index (χ1) is 13.1. The van der Waals surface area contributed by atoms with E-state index in [1.165, 1.54) is 10.7 Å². The lowest BCUT2D eigenvalue weighted by Gasteiger charge is -2.11. The van der Waals surface area contributed by atoms with Gasteiger partial charge < -0.3 is 4.74 Å². The van der Waals surface area contributed by atoms with Gasteiger partial charge in [-0.2, -0.15) is 9.78 Å². The van der Waals surface area contributed by atoms with E-state index in [0.717, 1.165) is 0 Å². The molecule has 3 aromatic carbocycles. The molecule has 6 heteroatoms. The number of carbonyl (C=O) groups is 1. The van der Waals surface area contributed by atoms with Gasteiger partial charge in [0, 0.05) is 10.4 Å². The Morgan fingerprint density at radius 3 is 2.33 bits per heavy atom. The lowest BCUT2D eigenvalue weighted by molar-refractivity contribution is 0.0729. The number of ether oxygens (including phenoxy) is 1. The predicted molar refractivity (Wildman–Crippen MR) is 104 cm³/mol. The van der Waals surface area contributed by atoms with Crippen LogP contribution in [0.3, 0.4) is 0 Å². The molecule has 0 aliphatic rings. The second-order valence-corrected chi connectivity index (χ2v) is 6.23. The van der Waals surface area contributed by atoms with Crippen molar-refractivity contribution >= 4 is 28.3 Å². The number of esters is 1. The molecule has 1 aromatic heterocycles. The van der Waals surface area contributed by atoms with E-state index < -0.39 is 5.97 Å². The second-order valence-electron chi connectivity index (χ2n) is 5.79. The molecule has 0 unspecified atom stereocenters. The average Bonchev–Trinajstić information content (AvgIpc) is 2.69. The van der Waals surface area contributed by atoms with E-state index in [2.05, 4.69) is 5.10 Å². The summed E-state index contributed by atoms with van der Waals surface area (Å²) in [4.78, 5) is 25.6. The summed E-state index contributed by atoms with van der Waals surface area (Å²) in [5, 5.41) is 5.55. The molecule has 0 atom stereocenters. The molecule has 0 aliphatic carbocycles. The number of para-hydroxylation sites is 1. The minimum absolute atomic E-state index is 0.0500. The third kappa shape index (κ3) is 3.32. The van der Waals surface area contributed by atoms with E-state index >= 15 is 0 Å². The van der Waals surface area contributed by atoms with Crippen molar-refractivity contribution in [3.8, 4) is 11.4 Å². The number of benzene rings is 3. The lowest BCUT2D eigenvalue weighted by atomic mass is 10.1. The van der Waals surface area contributed by atoms with Gasteiger partial charge in [-0.25, -0.2) is 4.79 Å². The van der Waals surface area contributed by atoms with Crippen LogP contribution in [0.2, 0.25) is 5.02 Å². The number of fused-ring (bicyclic) bond motifs is 1. The molecule has 0 aliphatic heterocycles. The molecule has 0 N–H and O–H groups in total. The van der Waals surface area contributed by atoms with Crippen molar-refractivity contribution in [2.75, 3.05) is 0 Å². The molecule has 0 amide bonds. The molecule has 4 rings (SSSR count). The summed E-state index contributed by atoms with van der Waals surface area (Å²) in [6.07, 6.45) is 0. The zero-order chi connectivity index (χ0) is 18.8. The predicted octanol–water partition coefficient (Wildman–Crippen LogP) is 4.26. The van der Waals surface area contributed by atoms with Crippen LogP contribution in [-0.4, -0.2) is 15.7 Å². The van der Waals surface area contributed by atoms with E-state index in [0.29, 0.717) is 27.2 Å². The maximum atomic E-state index is 12.8. The standard InChI is InChI=1S/C21H13ClN2O3/c22-14-7-6-10-16(13-14)27-21(26)19-17-11-4-5-12-18(17)20(25)24(23-19)15-8-2-1-3-9-15/h1-13H. The molecule has 0 fully saturated rings. The van der Waals surface area contributed by atoms with E-state index in [-0.39, 0.29) is 11.3 Å². The Morgan fingerprint density at radius 2 is 1.59 bits per heavy atom. The topological polar surface area (TPSA) is 61.2 Å². The van der Waals surface area contributed by atoms with Crippen molar-refractivity contribution in [2.45, 2.75) is 0 Å². The van der Waals surface area contributed by atoms with Gasteiger partial charge in [-0.3, -0.25) is 4.79 Å². The lowest BCUT2D eigenvalue weighted by Crippen LogP contribution is -2.25. The van der Waals surface area contributed by atoms with Gasteiger partial charge in [-0.15, -0.1) is 0 Å². The number of halogens is 1. The van der Waals surface area contributed by atoms with Crippen LogP contribution in [0.5, 0.6) is 5.75 Å². The van der Waals surface area contributed by atoms with Crippen LogP contribution in [0.1, 0.15) is 10.5 Å². The number of hydrogen-bond donors (Lipinski definition) is 0. The minimum atomic E-state index is -0.668. The molecular formula is C21H13ClN2O3. The maximum Gasteiger partial charge on any atom is 0.364 e. The van der Waals surface area contributed by atoms with Crippen molar-refractivity contribution in [3.05, 3.63) is 99.9 Å². The Kier molecular flexibility index (Phi) is 4.44. The van der Waals surface area contributed by atoms with E-state index in [9.17, 15) is 9.59 Å². The largest absolute Gasteiger partial charge is 0.422 e. The summed E-state index contributed by atoms with van der Waals surface area (Å²) in [5.74, 6) is -0.367. The van der Waals surface area contributed by atoms with Gasteiger partial charge in [-0.1, -0.05) is 54.1 Å². The molecule has 4 aromatic rings. The highest BCUT2D eigenvalue weighted by atomic mass is 35.5. The summed E-state index contributed by atoms with van der Waals surface area (Å²) in [5.41, 5.74) is 0.301. The van der Waals surface area contributed by atoms with E-state index in [1.807, 2.05) is 6.07 Å². The number of rotatable bonds is 3. The first-order valence-corrected chi connectivity index (χ1v) is 8.56. The number of hydrogen-bond acceptors (Lipinski definition) is 4. The number of nitrogens with zero attached hydrogens (tertiary/aromatic N) is 2. The molecule has 132 valence electrons. The van der Waals surface area contributed by atoms with Crippen molar-refractivity contribution in [3.63, 3.8) is 0 Å². The normalized spacial score (nSPS) is 10.7. The highest BCUT2D eigenvalue weighted by Crippen LogP contribution is 2.20. The average molecular weight is 377 g/mol. The van der Waals surface area contributed by atoms with Crippen LogP contribution < -0.4 is 10.3 Å². The van der Waals surface area contributed by atoms with Gasteiger partial charge in [0.05, 0.1) is 11.1 Å². The van der Waals surface area contributed by atoms with Crippen molar-refractivity contribution < 1.29 is 9.53 Å². The summed E-state index contributed by atoms with van der Waals surface area (Å²) in [6.45, 7) is 0. The van der Waals surface area contributed by atoms with Gasteiger partial charge in [0.1, 0.15) is 5.75 Å². The fourth-order valence-electron chi connectivity index (χ4n) is 2.77. The van der Waals surface area contributed by atoms with Gasteiger partial charge in [0.2, 0.25) is 0 Å². The molecule has 1 heterocycles. The smallest absolute Gasteiger partial charge is 0.364 e. The Hall–Kier alpha value is -3.44. The van der Waals surface area contributed by atoms with Crippen molar-refractivity contribution in [1.82, 2.24) is 9.78 Å². The zero-order valence-corrected chi connectivity index (χ0v) is 14.8. The highest BCUT2D eigenvalue weighted by Gasteiger charge is 2.19. The van der Waals surface area contributed by atoms with Crippen molar-refractivity contribution in [1.29, 1.82) is 0 Å². The quantitative estimate of drug-likeness (QED) is 0.396. The second kappa shape index (κ2) is 7.05. The monoisotopic (exact) mass is 376 g/mol. The Bertz CT molecular complexity index is 1200. The summed E-state index contributed by atoms with van der Waals surface area (Å²) in [7, 11) is 0. The van der Waals surface area contributed by atoms with Crippen LogP contribution in [0.4, 0.5) is 0 Å². The summed E-state index contributed by atoms with van der Waals surface area (Å²) in [6, 6.07) is 22.3. The molecule has 0 spiro atoms. The molecule has 0 saturated carbocycles. The summed E-state index contributed by atoms with van der Waals surface area (Å²) < 4.78 is 6.62. The Labute approximate surface area is 159 Å². The zero-order valence-electron chi connectivity index (χ0n) is 14.0.